The highest BCUT2D eigenvalue weighted by Crippen LogP contribution is 2.42. The van der Waals surface area contributed by atoms with Crippen LogP contribution < -0.4 is 10.1 Å². The Balaban J connectivity index is 1.18. The number of aromatic nitrogens is 7. The Hall–Kier alpha value is -3.53. The van der Waals surface area contributed by atoms with Crippen LogP contribution in [0.15, 0.2) is 36.8 Å². The van der Waals surface area contributed by atoms with Crippen LogP contribution in [-0.2, 0) is 11.3 Å². The van der Waals surface area contributed by atoms with Crippen molar-refractivity contribution in [1.82, 2.24) is 35.0 Å². The zero-order valence-corrected chi connectivity index (χ0v) is 19.0. The van der Waals surface area contributed by atoms with Gasteiger partial charge in [0.05, 0.1) is 25.1 Å². The van der Waals surface area contributed by atoms with Crippen LogP contribution in [0.2, 0.25) is 0 Å². The van der Waals surface area contributed by atoms with Crippen LogP contribution in [0.5, 0.6) is 5.88 Å². The third-order valence-electron chi connectivity index (χ3n) is 6.05. The van der Waals surface area contributed by atoms with E-state index in [1.54, 1.807) is 24.0 Å². The predicted molar refractivity (Wildman–Crippen MR) is 123 cm³/mol. The van der Waals surface area contributed by atoms with E-state index in [9.17, 15) is 0 Å². The predicted octanol–water partition coefficient (Wildman–Crippen LogP) is 3.83. The molecule has 0 unspecified atom stereocenters. The molecule has 33 heavy (non-hydrogen) atoms. The summed E-state index contributed by atoms with van der Waals surface area (Å²) >= 11 is 0. The Labute approximate surface area is 191 Å². The molecule has 0 bridgehead atoms. The van der Waals surface area contributed by atoms with Crippen molar-refractivity contribution >= 4 is 17.2 Å². The molecule has 0 atom stereocenters. The lowest BCUT2D eigenvalue weighted by Gasteiger charge is -2.34. The zero-order valence-electron chi connectivity index (χ0n) is 19.0. The van der Waals surface area contributed by atoms with Gasteiger partial charge in [-0.2, -0.15) is 15.3 Å². The quantitative estimate of drug-likeness (QED) is 0.397. The van der Waals surface area contributed by atoms with Gasteiger partial charge in [-0.15, -0.1) is 5.10 Å². The number of H-pyrrole nitrogens is 1. The van der Waals surface area contributed by atoms with E-state index in [0.717, 1.165) is 41.1 Å². The third-order valence-corrected chi connectivity index (χ3v) is 6.05. The summed E-state index contributed by atoms with van der Waals surface area (Å²) < 4.78 is 13.0. The van der Waals surface area contributed by atoms with E-state index in [1.165, 1.54) is 0 Å². The summed E-state index contributed by atoms with van der Waals surface area (Å²) in [6.07, 6.45) is 7.35. The average Bonchev–Trinajstić information content (AvgIpc) is 3.40. The maximum Gasteiger partial charge on any atom is 0.236 e. The Morgan fingerprint density at radius 1 is 1.24 bits per heavy atom. The van der Waals surface area contributed by atoms with E-state index in [-0.39, 0.29) is 0 Å². The molecule has 1 aliphatic carbocycles. The second-order valence-corrected chi connectivity index (χ2v) is 8.80. The number of aromatic amines is 1. The molecule has 0 saturated heterocycles. The molecule has 2 N–H and O–H groups in total. The number of hydrogen-bond acceptors (Lipinski definition) is 8. The molecule has 0 aromatic carbocycles. The van der Waals surface area contributed by atoms with E-state index < -0.39 is 0 Å². The molecule has 10 heteroatoms. The Bertz CT molecular complexity index is 1230. The summed E-state index contributed by atoms with van der Waals surface area (Å²) in [5.41, 5.74) is 3.94. The first kappa shape index (κ1) is 21.3. The van der Waals surface area contributed by atoms with Crippen molar-refractivity contribution in [3.05, 3.63) is 53.7 Å². The van der Waals surface area contributed by atoms with Gasteiger partial charge in [-0.1, -0.05) is 13.8 Å². The molecule has 0 amide bonds. The van der Waals surface area contributed by atoms with Gasteiger partial charge in [0.25, 0.3) is 0 Å². The van der Waals surface area contributed by atoms with Crippen LogP contribution >= 0.6 is 0 Å². The first-order valence-corrected chi connectivity index (χ1v) is 11.2. The van der Waals surface area contributed by atoms with Gasteiger partial charge in [0.1, 0.15) is 5.52 Å². The number of anilines is 2. The smallest absolute Gasteiger partial charge is 0.236 e. The highest BCUT2D eigenvalue weighted by Gasteiger charge is 2.32. The zero-order chi connectivity index (χ0) is 22.8. The summed E-state index contributed by atoms with van der Waals surface area (Å²) in [5.74, 6) is 3.39. The van der Waals surface area contributed by atoms with Gasteiger partial charge in [-0.25, -0.2) is 9.50 Å². The molecule has 172 valence electrons. The molecule has 10 nitrogen and oxygen atoms in total. The number of nitrogens with zero attached hydrogens (tertiary/aromatic N) is 6. The lowest BCUT2D eigenvalue weighted by molar-refractivity contribution is 0.150. The third kappa shape index (κ3) is 4.51. The van der Waals surface area contributed by atoms with Gasteiger partial charge in [0.15, 0.2) is 11.6 Å². The van der Waals surface area contributed by atoms with E-state index in [2.05, 4.69) is 55.7 Å². The normalized spacial score (nSPS) is 17.9. The van der Waals surface area contributed by atoms with Crippen LogP contribution in [0, 0.1) is 5.92 Å². The number of fused-ring (bicyclic) bond motifs is 1. The van der Waals surface area contributed by atoms with Gasteiger partial charge in [0, 0.05) is 42.7 Å². The minimum atomic E-state index is 0.356. The van der Waals surface area contributed by atoms with Crippen molar-refractivity contribution < 1.29 is 9.47 Å². The maximum absolute atomic E-state index is 5.99. The number of rotatable bonds is 9. The van der Waals surface area contributed by atoms with E-state index in [0.29, 0.717) is 42.7 Å². The Kier molecular flexibility index (Phi) is 5.91. The summed E-state index contributed by atoms with van der Waals surface area (Å²) in [6, 6.07) is 6.00. The van der Waals surface area contributed by atoms with Crippen LogP contribution in [0.4, 0.5) is 11.6 Å². The minimum Gasteiger partial charge on any atom is -0.476 e. The topological polar surface area (TPSA) is 115 Å². The number of ether oxygens (including phenoxy) is 2. The van der Waals surface area contributed by atoms with Crippen LogP contribution in [0.3, 0.4) is 0 Å². The molecule has 4 aromatic rings. The molecule has 4 heterocycles. The Morgan fingerprint density at radius 3 is 2.94 bits per heavy atom. The molecule has 5 rings (SSSR count). The van der Waals surface area contributed by atoms with Crippen molar-refractivity contribution in [3.8, 4) is 5.88 Å². The monoisotopic (exact) mass is 448 g/mol. The van der Waals surface area contributed by atoms with Crippen molar-refractivity contribution in [2.75, 3.05) is 19.0 Å². The summed E-state index contributed by atoms with van der Waals surface area (Å²) in [7, 11) is 1.66. The highest BCUT2D eigenvalue weighted by atomic mass is 16.5. The number of nitrogens with one attached hydrogen (secondary N) is 2. The van der Waals surface area contributed by atoms with Gasteiger partial charge >= 0.3 is 0 Å². The minimum absolute atomic E-state index is 0.356. The summed E-state index contributed by atoms with van der Waals surface area (Å²) in [5, 5.41) is 23.5. The highest BCUT2D eigenvalue weighted by molar-refractivity contribution is 5.72. The maximum atomic E-state index is 5.99. The molecule has 1 aliphatic rings. The SMILES string of the molecule is COCc1cc2c(Nc3cc(C4CC(COc5nnccc5C(C)C)C4)[nH]n3)nccn2n1. The van der Waals surface area contributed by atoms with Gasteiger partial charge < -0.3 is 14.8 Å². The van der Waals surface area contributed by atoms with E-state index in [1.807, 2.05) is 18.3 Å². The molecular formula is C23H28N8O2. The fourth-order valence-corrected chi connectivity index (χ4v) is 4.22. The summed E-state index contributed by atoms with van der Waals surface area (Å²) in [4.78, 5) is 4.45. The van der Waals surface area contributed by atoms with Crippen molar-refractivity contribution in [2.45, 2.75) is 45.1 Å². The van der Waals surface area contributed by atoms with E-state index >= 15 is 0 Å². The lowest BCUT2D eigenvalue weighted by atomic mass is 9.74. The average molecular weight is 449 g/mol. The largest absolute Gasteiger partial charge is 0.476 e. The van der Waals surface area contributed by atoms with Crippen LogP contribution in [0.25, 0.3) is 5.52 Å². The molecule has 4 aromatic heterocycles. The van der Waals surface area contributed by atoms with Gasteiger partial charge in [-0.05, 0) is 36.8 Å². The van der Waals surface area contributed by atoms with E-state index in [4.69, 9.17) is 9.47 Å². The fraction of sp³-hybridized carbons (Fsp3) is 0.435. The molecular weight excluding hydrogens is 420 g/mol. The lowest BCUT2D eigenvalue weighted by Crippen LogP contribution is -2.27. The molecule has 0 spiro atoms. The number of hydrogen-bond donors (Lipinski definition) is 2. The first-order valence-electron chi connectivity index (χ1n) is 11.2. The Morgan fingerprint density at radius 2 is 2.12 bits per heavy atom. The standard InChI is InChI=1S/C23H28N8O2/c1-14(2)18-4-5-25-29-23(18)33-12-15-8-16(9-15)19-11-21(28-27-19)26-22-20-10-17(13-32-3)30-31(20)7-6-24-22/h4-7,10-11,14-16H,8-9,12-13H2,1-3H3,(H2,24,26,27,28). The fourth-order valence-electron chi connectivity index (χ4n) is 4.22. The second-order valence-electron chi connectivity index (χ2n) is 8.80. The number of methoxy groups -OCH3 is 1. The molecule has 1 saturated carbocycles. The van der Waals surface area contributed by atoms with Gasteiger partial charge in [-0.3, -0.25) is 5.10 Å². The molecule has 1 fully saturated rings. The first-order chi connectivity index (χ1) is 16.1. The van der Waals surface area contributed by atoms with Crippen LogP contribution in [-0.4, -0.2) is 48.7 Å². The van der Waals surface area contributed by atoms with Crippen molar-refractivity contribution in [2.24, 2.45) is 5.92 Å². The van der Waals surface area contributed by atoms with Crippen molar-refractivity contribution in [3.63, 3.8) is 0 Å². The van der Waals surface area contributed by atoms with Gasteiger partial charge in [0.2, 0.25) is 5.88 Å². The molecule has 0 radical (unpaired) electrons. The van der Waals surface area contributed by atoms with Crippen LogP contribution in [0.1, 0.15) is 55.5 Å². The van der Waals surface area contributed by atoms with Crippen molar-refractivity contribution in [1.29, 1.82) is 0 Å². The summed E-state index contributed by atoms with van der Waals surface area (Å²) in [6.45, 7) is 5.38. The second kappa shape index (κ2) is 9.14. The molecule has 0 aliphatic heterocycles.